The molecule has 0 spiro atoms. The van der Waals surface area contributed by atoms with Gasteiger partial charge in [-0.1, -0.05) is 36.8 Å². The molecule has 0 aromatic heterocycles. The van der Waals surface area contributed by atoms with Gasteiger partial charge < -0.3 is 14.5 Å². The predicted octanol–water partition coefficient (Wildman–Crippen LogP) is 2.00. The number of carbonyl (C=O) groups excluding carboxylic acids is 1. The Balaban J connectivity index is 1.52. The molecule has 138 valence electrons. The van der Waals surface area contributed by atoms with Crippen LogP contribution in [-0.2, 0) is 9.53 Å². The van der Waals surface area contributed by atoms with E-state index in [4.69, 9.17) is 4.74 Å². The summed E-state index contributed by atoms with van der Waals surface area (Å²) in [5, 5.41) is 0. The van der Waals surface area contributed by atoms with Gasteiger partial charge in [-0.25, -0.2) is 0 Å². The molecule has 2 fully saturated rings. The van der Waals surface area contributed by atoms with Crippen LogP contribution in [0.2, 0.25) is 0 Å². The highest BCUT2D eigenvalue weighted by Gasteiger charge is 2.30. The van der Waals surface area contributed by atoms with Crippen molar-refractivity contribution in [2.75, 3.05) is 53.4 Å². The number of likely N-dealkylation sites (N-methyl/N-ethyl adjacent to an activating group) is 1. The number of hydrogen-bond donors (Lipinski definition) is 0. The van der Waals surface area contributed by atoms with Gasteiger partial charge in [-0.15, -0.1) is 0 Å². The lowest BCUT2D eigenvalue weighted by molar-refractivity contribution is -0.144. The Morgan fingerprint density at radius 3 is 2.48 bits per heavy atom. The molecule has 2 aliphatic rings. The zero-order valence-corrected chi connectivity index (χ0v) is 15.6. The van der Waals surface area contributed by atoms with Crippen LogP contribution >= 0.6 is 0 Å². The summed E-state index contributed by atoms with van der Waals surface area (Å²) >= 11 is 0. The van der Waals surface area contributed by atoms with Gasteiger partial charge in [0.2, 0.25) is 0 Å². The fourth-order valence-electron chi connectivity index (χ4n) is 4.00. The maximum atomic E-state index is 12.9. The maximum Gasteiger partial charge on any atom is 0.256 e. The van der Waals surface area contributed by atoms with Crippen LogP contribution in [0.25, 0.3) is 0 Å². The van der Waals surface area contributed by atoms with Gasteiger partial charge in [0.1, 0.15) is 0 Å². The van der Waals surface area contributed by atoms with Crippen LogP contribution in [0, 0.1) is 0 Å². The normalized spacial score (nSPS) is 24.2. The maximum absolute atomic E-state index is 12.9. The van der Waals surface area contributed by atoms with E-state index in [0.29, 0.717) is 6.04 Å². The molecule has 25 heavy (non-hydrogen) atoms. The van der Waals surface area contributed by atoms with E-state index in [1.807, 2.05) is 35.2 Å². The number of methoxy groups -OCH3 is 1. The van der Waals surface area contributed by atoms with Crippen LogP contribution in [0.5, 0.6) is 0 Å². The molecule has 1 aromatic carbocycles. The summed E-state index contributed by atoms with van der Waals surface area (Å²) in [6, 6.07) is 10.5. The van der Waals surface area contributed by atoms with Crippen LogP contribution in [-0.4, -0.2) is 80.1 Å². The second-order valence-electron chi connectivity index (χ2n) is 7.28. The molecule has 2 saturated heterocycles. The van der Waals surface area contributed by atoms with Crippen molar-refractivity contribution in [3.63, 3.8) is 0 Å². The highest BCUT2D eigenvalue weighted by atomic mass is 16.5. The number of rotatable bonds is 5. The van der Waals surface area contributed by atoms with Crippen molar-refractivity contribution in [2.45, 2.75) is 31.4 Å². The van der Waals surface area contributed by atoms with Gasteiger partial charge in [-0.2, -0.15) is 0 Å². The summed E-state index contributed by atoms with van der Waals surface area (Å²) in [5.74, 6) is 0.0862. The van der Waals surface area contributed by atoms with Crippen LogP contribution in [0.15, 0.2) is 30.3 Å². The highest BCUT2D eigenvalue weighted by Crippen LogP contribution is 2.21. The summed E-state index contributed by atoms with van der Waals surface area (Å²) in [7, 11) is 3.86. The molecular weight excluding hydrogens is 314 g/mol. The fraction of sp³-hybridized carbons (Fsp3) is 0.650. The fourth-order valence-corrected chi connectivity index (χ4v) is 4.00. The first-order valence-electron chi connectivity index (χ1n) is 9.48. The Bertz CT molecular complexity index is 543. The quantitative estimate of drug-likeness (QED) is 0.818. The molecule has 2 atom stereocenters. The van der Waals surface area contributed by atoms with E-state index in [0.717, 1.165) is 38.3 Å². The molecule has 2 aliphatic heterocycles. The van der Waals surface area contributed by atoms with Gasteiger partial charge in [0.15, 0.2) is 6.10 Å². The first kappa shape index (κ1) is 18.4. The van der Waals surface area contributed by atoms with E-state index < -0.39 is 6.10 Å². The van der Waals surface area contributed by atoms with Gasteiger partial charge in [-0.05, 0) is 32.0 Å². The Labute approximate surface area is 151 Å². The highest BCUT2D eigenvalue weighted by molar-refractivity contribution is 5.82. The molecule has 2 heterocycles. The van der Waals surface area contributed by atoms with Crippen molar-refractivity contribution in [1.82, 2.24) is 14.7 Å². The summed E-state index contributed by atoms with van der Waals surface area (Å²) in [6.45, 7) is 5.85. The number of hydrogen-bond acceptors (Lipinski definition) is 4. The number of benzene rings is 1. The SMILES string of the molecule is COC(C(=O)N1CCN(CC2CCCCN2C)CC1)c1ccccc1. The lowest BCUT2D eigenvalue weighted by atomic mass is 10.0. The lowest BCUT2D eigenvalue weighted by Gasteiger charge is -2.40. The number of piperazine rings is 1. The van der Waals surface area contributed by atoms with Gasteiger partial charge in [0, 0.05) is 45.9 Å². The summed E-state index contributed by atoms with van der Waals surface area (Å²) in [5.41, 5.74) is 0.932. The average molecular weight is 345 g/mol. The molecule has 5 nitrogen and oxygen atoms in total. The third kappa shape index (κ3) is 4.60. The number of carbonyl (C=O) groups is 1. The number of amides is 1. The number of likely N-dealkylation sites (tertiary alicyclic amines) is 1. The van der Waals surface area contributed by atoms with E-state index in [2.05, 4.69) is 16.8 Å². The minimum atomic E-state index is -0.489. The second kappa shape index (κ2) is 8.79. The molecule has 0 saturated carbocycles. The first-order valence-corrected chi connectivity index (χ1v) is 9.48. The molecule has 1 amide bonds. The number of ether oxygens (including phenoxy) is 1. The zero-order chi connectivity index (χ0) is 17.6. The lowest BCUT2D eigenvalue weighted by Crippen LogP contribution is -2.53. The zero-order valence-electron chi connectivity index (χ0n) is 15.6. The van der Waals surface area contributed by atoms with Crippen LogP contribution in [0.4, 0.5) is 0 Å². The van der Waals surface area contributed by atoms with E-state index in [1.165, 1.54) is 25.8 Å². The van der Waals surface area contributed by atoms with Gasteiger partial charge in [0.25, 0.3) is 5.91 Å². The van der Waals surface area contributed by atoms with Crippen molar-refractivity contribution in [3.8, 4) is 0 Å². The molecule has 0 radical (unpaired) electrons. The van der Waals surface area contributed by atoms with Gasteiger partial charge in [-0.3, -0.25) is 9.69 Å². The van der Waals surface area contributed by atoms with Gasteiger partial charge in [0.05, 0.1) is 0 Å². The standard InChI is InChI=1S/C20H31N3O2/c1-21-11-7-6-10-18(21)16-22-12-14-23(15-13-22)20(24)19(25-2)17-8-4-3-5-9-17/h3-5,8-9,18-19H,6-7,10-16H2,1-2H3. The van der Waals surface area contributed by atoms with Gasteiger partial charge >= 0.3 is 0 Å². The molecule has 5 heteroatoms. The topological polar surface area (TPSA) is 36.0 Å². The Hall–Kier alpha value is -1.43. The summed E-state index contributed by atoms with van der Waals surface area (Å²) < 4.78 is 5.50. The monoisotopic (exact) mass is 345 g/mol. The van der Waals surface area contributed by atoms with Crippen molar-refractivity contribution >= 4 is 5.91 Å². The third-order valence-corrected chi connectivity index (χ3v) is 5.64. The van der Waals surface area contributed by atoms with Crippen molar-refractivity contribution in [1.29, 1.82) is 0 Å². The van der Waals surface area contributed by atoms with Crippen molar-refractivity contribution in [2.24, 2.45) is 0 Å². The Morgan fingerprint density at radius 2 is 1.84 bits per heavy atom. The molecule has 1 aromatic rings. The van der Waals surface area contributed by atoms with E-state index in [9.17, 15) is 4.79 Å². The van der Waals surface area contributed by atoms with Crippen molar-refractivity contribution < 1.29 is 9.53 Å². The minimum Gasteiger partial charge on any atom is -0.367 e. The smallest absolute Gasteiger partial charge is 0.256 e. The molecular formula is C20H31N3O2. The summed E-state index contributed by atoms with van der Waals surface area (Å²) in [4.78, 5) is 19.8. The molecule has 0 aliphatic carbocycles. The molecule has 0 N–H and O–H groups in total. The largest absolute Gasteiger partial charge is 0.367 e. The van der Waals surface area contributed by atoms with Crippen LogP contribution in [0.1, 0.15) is 30.9 Å². The van der Waals surface area contributed by atoms with Crippen LogP contribution in [0.3, 0.4) is 0 Å². The number of piperidine rings is 1. The van der Waals surface area contributed by atoms with E-state index in [1.54, 1.807) is 7.11 Å². The molecule has 0 bridgehead atoms. The predicted molar refractivity (Wildman–Crippen MR) is 99.5 cm³/mol. The van der Waals surface area contributed by atoms with Crippen molar-refractivity contribution in [3.05, 3.63) is 35.9 Å². The third-order valence-electron chi connectivity index (χ3n) is 5.64. The number of nitrogens with zero attached hydrogens (tertiary/aromatic N) is 3. The Kier molecular flexibility index (Phi) is 6.45. The first-order chi connectivity index (χ1) is 12.2. The second-order valence-corrected chi connectivity index (χ2v) is 7.28. The summed E-state index contributed by atoms with van der Waals surface area (Å²) in [6.07, 6.45) is 3.49. The molecule has 2 unspecified atom stereocenters. The Morgan fingerprint density at radius 1 is 1.12 bits per heavy atom. The average Bonchev–Trinajstić information content (AvgIpc) is 2.66. The van der Waals surface area contributed by atoms with Crippen LogP contribution < -0.4 is 0 Å². The molecule has 3 rings (SSSR count). The van der Waals surface area contributed by atoms with E-state index in [-0.39, 0.29) is 5.91 Å². The minimum absolute atomic E-state index is 0.0862. The van der Waals surface area contributed by atoms with E-state index >= 15 is 0 Å².